The minimum Gasteiger partial charge on any atom is -0.481 e. The van der Waals surface area contributed by atoms with Crippen molar-refractivity contribution in [2.24, 2.45) is 0 Å². The zero-order chi connectivity index (χ0) is 14.5. The number of aliphatic carboxylic acids is 1. The van der Waals surface area contributed by atoms with E-state index in [1.807, 2.05) is 0 Å². The van der Waals surface area contributed by atoms with E-state index >= 15 is 0 Å². The Kier molecular flexibility index (Phi) is 3.94. The minimum absolute atomic E-state index is 0.0620. The number of amides is 1. The fourth-order valence-corrected chi connectivity index (χ4v) is 1.52. The number of rotatable bonds is 5. The molecule has 20 heavy (non-hydrogen) atoms. The van der Waals surface area contributed by atoms with Crippen LogP contribution in [0.5, 0.6) is 0 Å². The molecule has 0 atom stereocenters. The van der Waals surface area contributed by atoms with Crippen LogP contribution < -0.4 is 11.1 Å². The molecule has 0 radical (unpaired) electrons. The number of hydrogen-bond donors (Lipinski definition) is 3. The molecule has 1 aromatic carbocycles. The average Bonchev–Trinajstić information content (AvgIpc) is 2.85. The van der Waals surface area contributed by atoms with Gasteiger partial charge in [-0.05, 0) is 12.1 Å². The van der Waals surface area contributed by atoms with Gasteiger partial charge in [0.15, 0.2) is 5.82 Å². The summed E-state index contributed by atoms with van der Waals surface area (Å²) in [6.07, 6.45) is -0.135. The number of aromatic nitrogens is 2. The lowest BCUT2D eigenvalue weighted by atomic mass is 10.1. The molecule has 1 heterocycles. The Morgan fingerprint density at radius 1 is 1.30 bits per heavy atom. The van der Waals surface area contributed by atoms with Crippen LogP contribution in [0.2, 0.25) is 0 Å². The molecule has 0 saturated carbocycles. The molecule has 2 rings (SSSR count). The summed E-state index contributed by atoms with van der Waals surface area (Å²) >= 11 is 0. The van der Waals surface area contributed by atoms with E-state index in [2.05, 4.69) is 20.0 Å². The molecule has 0 aliphatic rings. The van der Waals surface area contributed by atoms with E-state index in [0.717, 1.165) is 0 Å². The number of nitrogens with zero attached hydrogens (tertiary/aromatic N) is 1. The van der Waals surface area contributed by atoms with Crippen molar-refractivity contribution in [2.75, 3.05) is 6.54 Å². The molecule has 0 fully saturated rings. The van der Waals surface area contributed by atoms with Gasteiger partial charge in [0, 0.05) is 17.7 Å². The summed E-state index contributed by atoms with van der Waals surface area (Å²) in [5.41, 5.74) is 0.975. The first-order valence-electron chi connectivity index (χ1n) is 5.72. The van der Waals surface area contributed by atoms with Crippen LogP contribution in [-0.2, 0) is 4.79 Å². The highest BCUT2D eigenvalue weighted by Crippen LogP contribution is 2.14. The summed E-state index contributed by atoms with van der Waals surface area (Å²) in [7, 11) is 0. The summed E-state index contributed by atoms with van der Waals surface area (Å²) in [6.45, 7) is 0.0620. The number of carbonyl (C=O) groups is 2. The van der Waals surface area contributed by atoms with E-state index in [-0.39, 0.29) is 24.7 Å². The van der Waals surface area contributed by atoms with Gasteiger partial charge < -0.3 is 10.4 Å². The third-order valence-corrected chi connectivity index (χ3v) is 2.49. The number of benzene rings is 1. The molecule has 0 saturated heterocycles. The lowest BCUT2D eigenvalue weighted by Gasteiger charge is -2.03. The SMILES string of the molecule is O=C(O)CCNC(=O)c1ccc(-c2noc(=O)[nH]2)cc1. The lowest BCUT2D eigenvalue weighted by molar-refractivity contribution is -0.136. The lowest BCUT2D eigenvalue weighted by Crippen LogP contribution is -2.25. The zero-order valence-electron chi connectivity index (χ0n) is 10.3. The van der Waals surface area contributed by atoms with Gasteiger partial charge in [-0.15, -0.1) is 0 Å². The molecule has 8 heteroatoms. The van der Waals surface area contributed by atoms with Crippen LogP contribution in [0.25, 0.3) is 11.4 Å². The van der Waals surface area contributed by atoms with Gasteiger partial charge in [0.1, 0.15) is 0 Å². The van der Waals surface area contributed by atoms with Crippen LogP contribution in [0.15, 0.2) is 33.6 Å². The van der Waals surface area contributed by atoms with E-state index in [4.69, 9.17) is 5.11 Å². The first-order valence-corrected chi connectivity index (χ1v) is 5.72. The van der Waals surface area contributed by atoms with E-state index < -0.39 is 11.7 Å². The molecule has 104 valence electrons. The van der Waals surface area contributed by atoms with E-state index in [0.29, 0.717) is 11.1 Å². The van der Waals surface area contributed by atoms with E-state index in [1.54, 1.807) is 24.3 Å². The molecule has 0 aliphatic heterocycles. The van der Waals surface area contributed by atoms with Crippen molar-refractivity contribution in [3.05, 3.63) is 40.4 Å². The predicted molar refractivity (Wildman–Crippen MR) is 67.1 cm³/mol. The van der Waals surface area contributed by atoms with Gasteiger partial charge in [-0.3, -0.25) is 19.1 Å². The number of carboxylic acids is 1. The van der Waals surface area contributed by atoms with Gasteiger partial charge in [-0.1, -0.05) is 17.3 Å². The molecular weight excluding hydrogens is 266 g/mol. The molecule has 0 bridgehead atoms. The van der Waals surface area contributed by atoms with Gasteiger partial charge in [0.2, 0.25) is 0 Å². The minimum atomic E-state index is -0.976. The summed E-state index contributed by atoms with van der Waals surface area (Å²) in [5, 5.41) is 14.5. The standard InChI is InChI=1S/C12H11N3O5/c16-9(17)5-6-13-11(18)8-3-1-7(2-4-8)10-14-12(19)20-15-10/h1-4H,5-6H2,(H,13,18)(H,16,17)(H,14,15,19). The maximum Gasteiger partial charge on any atom is 0.439 e. The number of carbonyl (C=O) groups excluding carboxylic acids is 1. The molecule has 0 spiro atoms. The van der Waals surface area contributed by atoms with Crippen molar-refractivity contribution in [3.63, 3.8) is 0 Å². The monoisotopic (exact) mass is 277 g/mol. The molecule has 2 aromatic rings. The molecule has 8 nitrogen and oxygen atoms in total. The Morgan fingerprint density at radius 3 is 2.55 bits per heavy atom. The predicted octanol–water partition coefficient (Wildman–Crippen LogP) is 0.234. The van der Waals surface area contributed by atoms with E-state index in [9.17, 15) is 14.4 Å². The molecule has 1 aromatic heterocycles. The molecule has 3 N–H and O–H groups in total. The van der Waals surface area contributed by atoms with Gasteiger partial charge in [-0.25, -0.2) is 4.79 Å². The molecule has 0 unspecified atom stereocenters. The van der Waals surface area contributed by atoms with Crippen molar-refractivity contribution in [3.8, 4) is 11.4 Å². The highest BCUT2D eigenvalue weighted by Gasteiger charge is 2.08. The van der Waals surface area contributed by atoms with Crippen molar-refractivity contribution >= 4 is 11.9 Å². The summed E-state index contributed by atoms with van der Waals surface area (Å²) in [4.78, 5) is 35.2. The Labute approximate surface area is 112 Å². The van der Waals surface area contributed by atoms with E-state index in [1.165, 1.54) is 0 Å². The van der Waals surface area contributed by atoms with Crippen molar-refractivity contribution < 1.29 is 19.2 Å². The number of carboxylic acid groups (broad SMARTS) is 1. The van der Waals surface area contributed by atoms with Crippen LogP contribution >= 0.6 is 0 Å². The zero-order valence-corrected chi connectivity index (χ0v) is 10.3. The van der Waals surface area contributed by atoms with Crippen molar-refractivity contribution in [1.82, 2.24) is 15.5 Å². The van der Waals surface area contributed by atoms with Crippen LogP contribution in [-0.4, -0.2) is 33.7 Å². The van der Waals surface area contributed by atoms with Gasteiger partial charge >= 0.3 is 11.7 Å². The Balaban J connectivity index is 2.02. The normalized spacial score (nSPS) is 10.2. The van der Waals surface area contributed by atoms with Crippen LogP contribution in [0, 0.1) is 0 Å². The van der Waals surface area contributed by atoms with Crippen LogP contribution in [0.3, 0.4) is 0 Å². The summed E-state index contributed by atoms with van der Waals surface area (Å²) in [6, 6.07) is 6.27. The first-order chi connectivity index (χ1) is 9.56. The second-order valence-electron chi connectivity index (χ2n) is 3.92. The van der Waals surface area contributed by atoms with Crippen molar-refractivity contribution in [2.45, 2.75) is 6.42 Å². The fourth-order valence-electron chi connectivity index (χ4n) is 1.52. The van der Waals surface area contributed by atoms with Gasteiger partial charge in [-0.2, -0.15) is 0 Å². The van der Waals surface area contributed by atoms with Crippen LogP contribution in [0.4, 0.5) is 0 Å². The third-order valence-electron chi connectivity index (χ3n) is 2.49. The Morgan fingerprint density at radius 2 is 2.00 bits per heavy atom. The highest BCUT2D eigenvalue weighted by atomic mass is 16.5. The smallest absolute Gasteiger partial charge is 0.439 e. The van der Waals surface area contributed by atoms with Gasteiger partial charge in [0.25, 0.3) is 5.91 Å². The number of aromatic amines is 1. The third kappa shape index (κ3) is 3.31. The molecular formula is C12H11N3O5. The topological polar surface area (TPSA) is 125 Å². The van der Waals surface area contributed by atoms with Crippen molar-refractivity contribution in [1.29, 1.82) is 0 Å². The Bertz CT molecular complexity index is 671. The Hall–Kier alpha value is -2.90. The second kappa shape index (κ2) is 5.83. The first kappa shape index (κ1) is 13.5. The van der Waals surface area contributed by atoms with Gasteiger partial charge in [0.05, 0.1) is 6.42 Å². The van der Waals surface area contributed by atoms with Crippen LogP contribution in [0.1, 0.15) is 16.8 Å². The maximum atomic E-state index is 11.7. The highest BCUT2D eigenvalue weighted by molar-refractivity contribution is 5.94. The molecule has 1 amide bonds. The summed E-state index contributed by atoms with van der Waals surface area (Å²) in [5.74, 6) is -1.73. The molecule has 0 aliphatic carbocycles. The number of nitrogens with one attached hydrogen (secondary N) is 2. The largest absolute Gasteiger partial charge is 0.481 e. The summed E-state index contributed by atoms with van der Waals surface area (Å²) < 4.78 is 4.38. The number of hydrogen-bond acceptors (Lipinski definition) is 5. The second-order valence-corrected chi connectivity index (χ2v) is 3.92. The quantitative estimate of drug-likeness (QED) is 0.718. The average molecular weight is 277 g/mol. The number of H-pyrrole nitrogens is 1. The fraction of sp³-hybridized carbons (Fsp3) is 0.167. The maximum absolute atomic E-state index is 11.7.